The average molecular weight is 213 g/mol. The molecule has 4 heteroatoms. The van der Waals surface area contributed by atoms with Crippen molar-refractivity contribution in [2.45, 2.75) is 43.7 Å². The number of rotatable bonds is 5. The molecular weight excluding hydrogens is 194 g/mol. The zero-order chi connectivity index (χ0) is 10.9. The second-order valence-corrected chi connectivity index (χ2v) is 4.80. The van der Waals surface area contributed by atoms with Crippen LogP contribution >= 0.6 is 0 Å². The van der Waals surface area contributed by atoms with Crippen LogP contribution in [0.25, 0.3) is 0 Å². The van der Waals surface area contributed by atoms with Crippen molar-refractivity contribution < 1.29 is 14.6 Å². The van der Waals surface area contributed by atoms with Crippen LogP contribution < -0.4 is 5.32 Å². The Bertz CT molecular complexity index is 246. The summed E-state index contributed by atoms with van der Waals surface area (Å²) in [5.41, 5.74) is -0.568. The second-order valence-electron chi connectivity index (χ2n) is 4.80. The number of aliphatic hydroxyl groups is 1. The minimum absolute atomic E-state index is 0.194. The summed E-state index contributed by atoms with van der Waals surface area (Å²) < 4.78 is 4.75. The Morgan fingerprint density at radius 1 is 1.60 bits per heavy atom. The third kappa shape index (κ3) is 2.49. The fourth-order valence-electron chi connectivity index (χ4n) is 2.06. The van der Waals surface area contributed by atoms with Crippen LogP contribution in [0.5, 0.6) is 0 Å². The van der Waals surface area contributed by atoms with E-state index in [1.54, 1.807) is 0 Å². The summed E-state index contributed by atoms with van der Waals surface area (Å²) in [4.78, 5) is 11.5. The maximum Gasteiger partial charge on any atom is 0.323 e. The van der Waals surface area contributed by atoms with Crippen molar-refractivity contribution in [3.8, 4) is 0 Å². The predicted octanol–water partition coefficient (Wildman–Crippen LogP) is 0.443. The summed E-state index contributed by atoms with van der Waals surface area (Å²) in [6.07, 6.45) is 4.96. The first-order valence-corrected chi connectivity index (χ1v) is 5.68. The fraction of sp³-hybridized carbons (Fsp3) is 0.909. The van der Waals surface area contributed by atoms with Gasteiger partial charge in [0, 0.05) is 6.54 Å². The van der Waals surface area contributed by atoms with Crippen molar-refractivity contribution in [1.29, 1.82) is 0 Å². The van der Waals surface area contributed by atoms with Gasteiger partial charge in [0.25, 0.3) is 0 Å². The van der Waals surface area contributed by atoms with E-state index >= 15 is 0 Å². The summed E-state index contributed by atoms with van der Waals surface area (Å²) in [5, 5.41) is 13.1. The van der Waals surface area contributed by atoms with Crippen LogP contribution in [0.15, 0.2) is 0 Å². The van der Waals surface area contributed by atoms with Gasteiger partial charge in [-0.1, -0.05) is 0 Å². The van der Waals surface area contributed by atoms with E-state index in [0.717, 1.165) is 32.1 Å². The molecule has 2 aliphatic carbocycles. The van der Waals surface area contributed by atoms with Gasteiger partial charge in [-0.25, -0.2) is 0 Å². The van der Waals surface area contributed by atoms with Crippen LogP contribution in [0, 0.1) is 5.92 Å². The predicted molar refractivity (Wildman–Crippen MR) is 55.3 cm³/mol. The molecule has 0 bridgehead atoms. The Balaban J connectivity index is 1.81. The Morgan fingerprint density at radius 3 is 2.67 bits per heavy atom. The molecule has 1 atom stereocenters. The highest BCUT2D eigenvalue weighted by Crippen LogP contribution is 2.35. The van der Waals surface area contributed by atoms with Crippen LogP contribution in [-0.2, 0) is 9.53 Å². The van der Waals surface area contributed by atoms with Crippen molar-refractivity contribution in [1.82, 2.24) is 5.32 Å². The van der Waals surface area contributed by atoms with Crippen molar-refractivity contribution in [3.05, 3.63) is 0 Å². The van der Waals surface area contributed by atoms with Crippen molar-refractivity contribution in [3.63, 3.8) is 0 Å². The molecule has 0 heterocycles. The van der Waals surface area contributed by atoms with Gasteiger partial charge in [-0.15, -0.1) is 0 Å². The molecular formula is C11H19NO3. The first-order chi connectivity index (χ1) is 7.14. The Hall–Kier alpha value is -0.610. The topological polar surface area (TPSA) is 58.6 Å². The number of ether oxygens (including phenoxy) is 1. The van der Waals surface area contributed by atoms with Gasteiger partial charge < -0.3 is 15.2 Å². The minimum atomic E-state index is -0.568. The quantitative estimate of drug-likeness (QED) is 0.651. The second kappa shape index (κ2) is 4.10. The van der Waals surface area contributed by atoms with Gasteiger partial charge in [0.1, 0.15) is 6.04 Å². The molecule has 1 unspecified atom stereocenters. The number of nitrogens with one attached hydrogen (secondary N) is 1. The van der Waals surface area contributed by atoms with E-state index in [4.69, 9.17) is 4.74 Å². The molecule has 86 valence electrons. The van der Waals surface area contributed by atoms with E-state index in [9.17, 15) is 9.90 Å². The first-order valence-electron chi connectivity index (χ1n) is 5.68. The lowest BCUT2D eigenvalue weighted by molar-refractivity contribution is -0.144. The normalized spacial score (nSPS) is 25.5. The molecule has 0 amide bonds. The lowest BCUT2D eigenvalue weighted by Gasteiger charge is -2.37. The van der Waals surface area contributed by atoms with Gasteiger partial charge in [-0.3, -0.25) is 4.79 Å². The summed E-state index contributed by atoms with van der Waals surface area (Å²) in [6, 6.07) is -0.209. The van der Waals surface area contributed by atoms with Gasteiger partial charge >= 0.3 is 5.97 Å². The standard InChI is InChI=1S/C11H19NO3/c1-15-10(13)9(8-3-4-8)12-7-11(14)5-2-6-11/h8-9,12,14H,2-7H2,1H3. The molecule has 0 aromatic heterocycles. The highest BCUT2D eigenvalue weighted by molar-refractivity contribution is 5.76. The third-order valence-corrected chi connectivity index (χ3v) is 3.48. The molecule has 0 radical (unpaired) electrons. The number of carbonyl (C=O) groups is 1. The van der Waals surface area contributed by atoms with E-state index in [2.05, 4.69) is 5.32 Å². The van der Waals surface area contributed by atoms with E-state index in [0.29, 0.717) is 12.5 Å². The van der Waals surface area contributed by atoms with Crippen LogP contribution in [0.3, 0.4) is 0 Å². The first kappa shape index (κ1) is 10.9. The molecule has 0 aromatic carbocycles. The van der Waals surface area contributed by atoms with Crippen LogP contribution in [0.1, 0.15) is 32.1 Å². The fourth-order valence-corrected chi connectivity index (χ4v) is 2.06. The lowest BCUT2D eigenvalue weighted by atomic mass is 9.80. The summed E-state index contributed by atoms with van der Waals surface area (Å²) in [5.74, 6) is 0.224. The Labute approximate surface area is 90.0 Å². The van der Waals surface area contributed by atoms with Gasteiger partial charge in [0.15, 0.2) is 0 Å². The summed E-state index contributed by atoms with van der Waals surface area (Å²) in [7, 11) is 1.41. The molecule has 2 saturated carbocycles. The van der Waals surface area contributed by atoms with Crippen LogP contribution in [0.4, 0.5) is 0 Å². The van der Waals surface area contributed by atoms with Gasteiger partial charge in [0.2, 0.25) is 0 Å². The minimum Gasteiger partial charge on any atom is -0.468 e. The van der Waals surface area contributed by atoms with Crippen molar-refractivity contribution in [2.24, 2.45) is 5.92 Å². The van der Waals surface area contributed by atoms with E-state index < -0.39 is 5.60 Å². The molecule has 2 N–H and O–H groups in total. The average Bonchev–Trinajstić information content (AvgIpc) is 2.99. The smallest absolute Gasteiger partial charge is 0.323 e. The molecule has 15 heavy (non-hydrogen) atoms. The zero-order valence-electron chi connectivity index (χ0n) is 9.16. The van der Waals surface area contributed by atoms with Gasteiger partial charge in [-0.2, -0.15) is 0 Å². The number of carbonyl (C=O) groups excluding carboxylic acids is 1. The van der Waals surface area contributed by atoms with E-state index in [1.165, 1.54) is 7.11 Å². The highest BCUT2D eigenvalue weighted by Gasteiger charge is 2.40. The zero-order valence-corrected chi connectivity index (χ0v) is 9.16. The molecule has 2 aliphatic rings. The number of esters is 1. The molecule has 0 spiro atoms. The molecule has 4 nitrogen and oxygen atoms in total. The monoisotopic (exact) mass is 213 g/mol. The SMILES string of the molecule is COC(=O)C(NCC1(O)CCC1)C1CC1. The third-order valence-electron chi connectivity index (χ3n) is 3.48. The van der Waals surface area contributed by atoms with E-state index in [-0.39, 0.29) is 12.0 Å². The molecule has 0 aromatic rings. The number of methoxy groups -OCH3 is 1. The molecule has 2 rings (SSSR count). The van der Waals surface area contributed by atoms with Gasteiger partial charge in [0.05, 0.1) is 12.7 Å². The molecule has 2 fully saturated rings. The molecule has 0 aliphatic heterocycles. The van der Waals surface area contributed by atoms with Crippen LogP contribution in [0.2, 0.25) is 0 Å². The molecule has 0 saturated heterocycles. The number of hydrogen-bond acceptors (Lipinski definition) is 4. The lowest BCUT2D eigenvalue weighted by Crippen LogP contribution is -2.51. The van der Waals surface area contributed by atoms with Gasteiger partial charge in [-0.05, 0) is 38.0 Å². The number of hydrogen-bond donors (Lipinski definition) is 2. The van der Waals surface area contributed by atoms with Crippen LogP contribution in [-0.4, -0.2) is 36.4 Å². The Morgan fingerprint density at radius 2 is 2.27 bits per heavy atom. The Kier molecular flexibility index (Phi) is 2.98. The van der Waals surface area contributed by atoms with Crippen molar-refractivity contribution >= 4 is 5.97 Å². The summed E-state index contributed by atoms with van der Waals surface area (Å²) in [6.45, 7) is 0.517. The maximum atomic E-state index is 11.5. The van der Waals surface area contributed by atoms with E-state index in [1.807, 2.05) is 0 Å². The highest BCUT2D eigenvalue weighted by atomic mass is 16.5. The largest absolute Gasteiger partial charge is 0.468 e. The maximum absolute atomic E-state index is 11.5. The van der Waals surface area contributed by atoms with Crippen molar-refractivity contribution in [2.75, 3.05) is 13.7 Å². The summed E-state index contributed by atoms with van der Waals surface area (Å²) >= 11 is 0.